The number of aliphatic hydroxyl groups excluding tert-OH is 4. The van der Waals surface area contributed by atoms with Gasteiger partial charge in [-0.15, -0.1) is 0 Å². The summed E-state index contributed by atoms with van der Waals surface area (Å²) in [5, 5.41) is 40.2. The van der Waals surface area contributed by atoms with E-state index in [4.69, 9.17) is 18.9 Å². The van der Waals surface area contributed by atoms with E-state index in [-0.39, 0.29) is 26.1 Å². The highest BCUT2D eigenvalue weighted by molar-refractivity contribution is 5.70. The van der Waals surface area contributed by atoms with Crippen LogP contribution in [0.1, 0.15) is 206 Å². The van der Waals surface area contributed by atoms with Gasteiger partial charge in [-0.1, -0.05) is 165 Å². The van der Waals surface area contributed by atoms with Crippen LogP contribution in [0.5, 0.6) is 0 Å². The first kappa shape index (κ1) is 56.7. The lowest BCUT2D eigenvalue weighted by Gasteiger charge is -2.39. The second kappa shape index (κ2) is 41.7. The molecule has 1 rings (SSSR count). The summed E-state index contributed by atoms with van der Waals surface area (Å²) in [5.74, 6) is -0.825. The fourth-order valence-electron chi connectivity index (χ4n) is 7.25. The van der Waals surface area contributed by atoms with Gasteiger partial charge in [-0.05, 0) is 77.0 Å². The molecule has 0 amide bonds. The molecule has 6 unspecified atom stereocenters. The summed E-state index contributed by atoms with van der Waals surface area (Å²) in [7, 11) is 0. The minimum atomic E-state index is -1.60. The molecule has 6 atom stereocenters. The molecule has 0 spiro atoms. The Kier molecular flexibility index (Phi) is 38.7. The van der Waals surface area contributed by atoms with Crippen molar-refractivity contribution in [1.82, 2.24) is 0 Å². The molecule has 0 aromatic carbocycles. The van der Waals surface area contributed by atoms with Crippen LogP contribution in [-0.2, 0) is 28.5 Å². The van der Waals surface area contributed by atoms with E-state index >= 15 is 0 Å². The van der Waals surface area contributed by atoms with Gasteiger partial charge in [-0.2, -0.15) is 0 Å². The van der Waals surface area contributed by atoms with Crippen molar-refractivity contribution >= 4 is 11.9 Å². The van der Waals surface area contributed by atoms with E-state index in [9.17, 15) is 30.0 Å². The summed E-state index contributed by atoms with van der Waals surface area (Å²) >= 11 is 0. The molecule has 0 aromatic rings. The molecule has 1 heterocycles. The molecule has 1 fully saturated rings. The summed E-state index contributed by atoms with van der Waals surface area (Å²) in [4.78, 5) is 25.4. The van der Waals surface area contributed by atoms with Crippen molar-refractivity contribution in [3.8, 4) is 0 Å². The third-order valence-electron chi connectivity index (χ3n) is 11.2. The average molecular weight is 863 g/mol. The normalized spacial score (nSPS) is 20.1. The van der Waals surface area contributed by atoms with Gasteiger partial charge in [0.05, 0.1) is 13.2 Å². The van der Waals surface area contributed by atoms with Gasteiger partial charge in [0, 0.05) is 12.8 Å². The van der Waals surface area contributed by atoms with Gasteiger partial charge in [0.15, 0.2) is 12.4 Å². The van der Waals surface area contributed by atoms with Gasteiger partial charge in [0.1, 0.15) is 31.0 Å². The van der Waals surface area contributed by atoms with Gasteiger partial charge in [-0.25, -0.2) is 0 Å². The topological polar surface area (TPSA) is 152 Å². The maximum absolute atomic E-state index is 12.8. The largest absolute Gasteiger partial charge is 0.462 e. The smallest absolute Gasteiger partial charge is 0.306 e. The predicted octanol–water partition coefficient (Wildman–Crippen LogP) is 11.2. The first-order valence-electron chi connectivity index (χ1n) is 24.7. The number of ether oxygens (including phenoxy) is 4. The Bertz CT molecular complexity index is 1130. The fraction of sp³-hybridized carbons (Fsp3) is 0.804. The second-order valence-corrected chi connectivity index (χ2v) is 16.9. The van der Waals surface area contributed by atoms with Crippen molar-refractivity contribution in [3.05, 3.63) is 48.6 Å². The molecule has 0 aliphatic carbocycles. The number of carbonyl (C=O) groups excluding carboxylic acids is 2. The highest BCUT2D eigenvalue weighted by atomic mass is 16.7. The Morgan fingerprint density at radius 2 is 0.918 bits per heavy atom. The number of rotatable bonds is 41. The zero-order chi connectivity index (χ0) is 44.4. The maximum atomic E-state index is 12.8. The van der Waals surface area contributed by atoms with Crippen LogP contribution in [-0.4, -0.2) is 89.0 Å². The van der Waals surface area contributed by atoms with Crippen LogP contribution in [0.25, 0.3) is 0 Å². The number of hydrogen-bond acceptors (Lipinski definition) is 10. The molecular weight excluding hydrogens is 773 g/mol. The Labute approximate surface area is 371 Å². The SMILES string of the molecule is CCCCC/C=C\C/C=C\CCCCCCCC(=O)OCC(COC1OC(CO)C(O)C(O)C1O)OC(=O)CCCCCCCCCCC/C=C\C/C=C\CCCCCCC. The Balaban J connectivity index is 2.29. The zero-order valence-corrected chi connectivity index (χ0v) is 38.7. The molecule has 0 aromatic heterocycles. The van der Waals surface area contributed by atoms with Crippen LogP contribution < -0.4 is 0 Å². The van der Waals surface area contributed by atoms with Crippen LogP contribution in [0, 0.1) is 0 Å². The summed E-state index contributed by atoms with van der Waals surface area (Å²) < 4.78 is 22.2. The Morgan fingerprint density at radius 1 is 0.508 bits per heavy atom. The highest BCUT2D eigenvalue weighted by Gasteiger charge is 2.44. The maximum Gasteiger partial charge on any atom is 0.306 e. The van der Waals surface area contributed by atoms with Crippen molar-refractivity contribution in [3.63, 3.8) is 0 Å². The molecule has 1 aliphatic rings. The van der Waals surface area contributed by atoms with Crippen molar-refractivity contribution in [1.29, 1.82) is 0 Å². The molecule has 354 valence electrons. The lowest BCUT2D eigenvalue weighted by molar-refractivity contribution is -0.305. The number of aliphatic hydroxyl groups is 4. The third-order valence-corrected chi connectivity index (χ3v) is 11.2. The number of carbonyl (C=O) groups is 2. The van der Waals surface area contributed by atoms with E-state index in [2.05, 4.69) is 62.5 Å². The van der Waals surface area contributed by atoms with E-state index in [1.165, 1.54) is 96.3 Å². The predicted molar refractivity (Wildman–Crippen MR) is 247 cm³/mol. The van der Waals surface area contributed by atoms with Crippen LogP contribution in [0.4, 0.5) is 0 Å². The minimum absolute atomic E-state index is 0.221. The van der Waals surface area contributed by atoms with E-state index in [0.29, 0.717) is 12.8 Å². The summed E-state index contributed by atoms with van der Waals surface area (Å²) in [6, 6.07) is 0. The molecule has 1 aliphatic heterocycles. The molecule has 0 radical (unpaired) electrons. The lowest BCUT2D eigenvalue weighted by Crippen LogP contribution is -2.59. The van der Waals surface area contributed by atoms with Gasteiger partial charge >= 0.3 is 11.9 Å². The first-order chi connectivity index (χ1) is 29.8. The molecule has 10 heteroatoms. The standard InChI is InChI=1S/C51H90O10/c1-3-5-7-9-11-13-15-17-19-20-21-22-23-24-26-28-30-32-34-36-38-40-47(54)60-44(43-59-51-50(57)49(56)48(55)45(41-52)61-51)42-58-46(53)39-37-35-33-31-29-27-25-18-16-14-12-10-8-6-4-2/h12,14-15,17-18,20-21,25,44-45,48-52,55-57H,3-11,13,16,19,22-24,26-43H2,1-2H3/b14-12-,17-15-,21-20-,25-18-. The minimum Gasteiger partial charge on any atom is -0.462 e. The van der Waals surface area contributed by atoms with Crippen molar-refractivity contribution < 1.29 is 49.0 Å². The monoisotopic (exact) mass is 863 g/mol. The molecule has 4 N–H and O–H groups in total. The molecule has 1 saturated heterocycles. The van der Waals surface area contributed by atoms with E-state index in [1.54, 1.807) is 0 Å². The highest BCUT2D eigenvalue weighted by Crippen LogP contribution is 2.23. The van der Waals surface area contributed by atoms with Crippen LogP contribution in [0.3, 0.4) is 0 Å². The third kappa shape index (κ3) is 32.9. The van der Waals surface area contributed by atoms with Crippen LogP contribution >= 0.6 is 0 Å². The van der Waals surface area contributed by atoms with Gasteiger partial charge < -0.3 is 39.4 Å². The summed E-state index contributed by atoms with van der Waals surface area (Å²) in [6.45, 7) is 3.38. The Hall–Kier alpha value is -2.34. The van der Waals surface area contributed by atoms with Gasteiger partial charge in [0.25, 0.3) is 0 Å². The molecule has 0 saturated carbocycles. The van der Waals surface area contributed by atoms with Crippen molar-refractivity contribution in [2.75, 3.05) is 19.8 Å². The van der Waals surface area contributed by atoms with Gasteiger partial charge in [0.2, 0.25) is 0 Å². The molecule has 0 bridgehead atoms. The van der Waals surface area contributed by atoms with E-state index in [0.717, 1.165) is 70.6 Å². The average Bonchev–Trinajstić information content (AvgIpc) is 3.26. The lowest BCUT2D eigenvalue weighted by atomic mass is 9.99. The first-order valence-corrected chi connectivity index (χ1v) is 24.7. The van der Waals surface area contributed by atoms with Crippen molar-refractivity contribution in [2.24, 2.45) is 0 Å². The van der Waals surface area contributed by atoms with Crippen LogP contribution in [0.2, 0.25) is 0 Å². The number of unbranched alkanes of at least 4 members (excludes halogenated alkanes) is 22. The Morgan fingerprint density at radius 3 is 1.39 bits per heavy atom. The quantitative estimate of drug-likeness (QED) is 0.0265. The number of hydrogen-bond donors (Lipinski definition) is 4. The number of esters is 2. The van der Waals surface area contributed by atoms with E-state index in [1.807, 2.05) is 0 Å². The second-order valence-electron chi connectivity index (χ2n) is 16.9. The van der Waals surface area contributed by atoms with E-state index < -0.39 is 55.4 Å². The molecular formula is C51H90O10. The number of allylic oxidation sites excluding steroid dienone is 8. The zero-order valence-electron chi connectivity index (χ0n) is 38.7. The molecule has 61 heavy (non-hydrogen) atoms. The van der Waals surface area contributed by atoms with Gasteiger partial charge in [-0.3, -0.25) is 9.59 Å². The summed E-state index contributed by atoms with van der Waals surface area (Å²) in [6.07, 6.45) is 42.5. The fourth-order valence-corrected chi connectivity index (χ4v) is 7.25. The van der Waals surface area contributed by atoms with Crippen LogP contribution in [0.15, 0.2) is 48.6 Å². The summed E-state index contributed by atoms with van der Waals surface area (Å²) in [5.41, 5.74) is 0. The van der Waals surface area contributed by atoms with Crippen molar-refractivity contribution in [2.45, 2.75) is 243 Å². The molecule has 10 nitrogen and oxygen atoms in total.